The highest BCUT2D eigenvalue weighted by atomic mass is 79.9. The van der Waals surface area contributed by atoms with Crippen molar-refractivity contribution in [3.05, 3.63) is 34.6 Å². The number of nitrogens with zero attached hydrogens (tertiary/aromatic N) is 2. The summed E-state index contributed by atoms with van der Waals surface area (Å²) in [5.41, 5.74) is 0.621. The van der Waals surface area contributed by atoms with Crippen LogP contribution in [0.2, 0.25) is 0 Å². The average molecular weight is 316 g/mol. The van der Waals surface area contributed by atoms with Gasteiger partial charge >= 0.3 is 0 Å². The Kier molecular flexibility index (Phi) is 3.54. The van der Waals surface area contributed by atoms with Gasteiger partial charge in [0, 0.05) is 15.9 Å². The highest BCUT2D eigenvalue weighted by molar-refractivity contribution is 9.10. The van der Waals surface area contributed by atoms with Crippen LogP contribution in [0.4, 0.5) is 0 Å². The summed E-state index contributed by atoms with van der Waals surface area (Å²) >= 11 is 9.25. The van der Waals surface area contributed by atoms with Crippen molar-refractivity contribution in [3.8, 4) is 11.4 Å². The second-order valence-electron chi connectivity index (χ2n) is 4.45. The van der Waals surface area contributed by atoms with Crippen molar-refractivity contribution in [2.45, 2.75) is 19.3 Å². The number of halogens is 2. The van der Waals surface area contributed by atoms with Crippen LogP contribution in [0.5, 0.6) is 0 Å². The monoisotopic (exact) mass is 314 g/mol. The Morgan fingerprint density at radius 3 is 2.53 bits per heavy atom. The molecule has 0 saturated heterocycles. The molecule has 0 aliphatic rings. The van der Waals surface area contributed by atoms with Gasteiger partial charge in [0.25, 0.3) is 0 Å². The first kappa shape index (κ1) is 12.6. The zero-order valence-corrected chi connectivity index (χ0v) is 11.9. The minimum absolute atomic E-state index is 0.303. The topological polar surface area (TPSA) is 38.9 Å². The van der Waals surface area contributed by atoms with E-state index in [1.165, 1.54) is 0 Å². The van der Waals surface area contributed by atoms with Crippen LogP contribution in [0.15, 0.2) is 33.3 Å². The molecule has 0 amide bonds. The van der Waals surface area contributed by atoms with Gasteiger partial charge in [0.15, 0.2) is 0 Å². The fourth-order valence-corrected chi connectivity index (χ4v) is 1.65. The van der Waals surface area contributed by atoms with Crippen LogP contribution < -0.4 is 0 Å². The lowest BCUT2D eigenvalue weighted by molar-refractivity contribution is 0.323. The summed E-state index contributed by atoms with van der Waals surface area (Å²) in [6, 6.07) is 7.76. The molecule has 0 radical (unpaired) electrons. The minimum Gasteiger partial charge on any atom is -0.338 e. The van der Waals surface area contributed by atoms with Crippen molar-refractivity contribution >= 4 is 27.5 Å². The maximum absolute atomic E-state index is 5.87. The molecular formula is C12H12BrClN2O. The van der Waals surface area contributed by atoms with Gasteiger partial charge in [0.1, 0.15) is 0 Å². The van der Waals surface area contributed by atoms with Gasteiger partial charge < -0.3 is 4.52 Å². The number of alkyl halides is 1. The Labute approximate surface area is 113 Å². The molecule has 0 unspecified atom stereocenters. The molecular weight excluding hydrogens is 304 g/mol. The highest BCUT2D eigenvalue weighted by Crippen LogP contribution is 2.26. The second-order valence-corrected chi connectivity index (χ2v) is 5.63. The van der Waals surface area contributed by atoms with E-state index in [-0.39, 0.29) is 5.41 Å². The summed E-state index contributed by atoms with van der Waals surface area (Å²) in [5, 5.41) is 3.97. The third-order valence-corrected chi connectivity index (χ3v) is 3.64. The van der Waals surface area contributed by atoms with E-state index >= 15 is 0 Å². The van der Waals surface area contributed by atoms with E-state index in [1.807, 2.05) is 38.1 Å². The van der Waals surface area contributed by atoms with E-state index in [9.17, 15) is 0 Å². The molecule has 5 heteroatoms. The van der Waals surface area contributed by atoms with Gasteiger partial charge in [-0.3, -0.25) is 0 Å². The Morgan fingerprint density at radius 2 is 1.94 bits per heavy atom. The molecule has 0 N–H and O–H groups in total. The molecule has 17 heavy (non-hydrogen) atoms. The molecule has 0 aliphatic heterocycles. The maximum atomic E-state index is 5.87. The van der Waals surface area contributed by atoms with E-state index in [4.69, 9.17) is 16.1 Å². The lowest BCUT2D eigenvalue weighted by Crippen LogP contribution is -2.19. The van der Waals surface area contributed by atoms with Crippen LogP contribution in [-0.2, 0) is 5.41 Å². The van der Waals surface area contributed by atoms with Crippen LogP contribution in [-0.4, -0.2) is 16.0 Å². The normalized spacial score (nSPS) is 11.8. The molecule has 2 aromatic rings. The Balaban J connectivity index is 2.33. The largest absolute Gasteiger partial charge is 0.338 e. The molecule has 0 atom stereocenters. The smallest absolute Gasteiger partial charge is 0.233 e. The van der Waals surface area contributed by atoms with E-state index in [0.29, 0.717) is 17.6 Å². The molecule has 1 aromatic carbocycles. The van der Waals surface area contributed by atoms with Crippen molar-refractivity contribution in [2.24, 2.45) is 0 Å². The highest BCUT2D eigenvalue weighted by Gasteiger charge is 2.26. The second kappa shape index (κ2) is 4.78. The van der Waals surface area contributed by atoms with Crippen LogP contribution in [0.25, 0.3) is 11.4 Å². The van der Waals surface area contributed by atoms with Gasteiger partial charge in [-0.25, -0.2) is 0 Å². The first-order chi connectivity index (χ1) is 8.03. The van der Waals surface area contributed by atoms with Crippen LogP contribution in [0.1, 0.15) is 19.7 Å². The molecule has 0 saturated carbocycles. The third kappa shape index (κ3) is 2.69. The number of hydrogen-bond donors (Lipinski definition) is 0. The van der Waals surface area contributed by atoms with Gasteiger partial charge in [-0.05, 0) is 38.1 Å². The third-order valence-electron chi connectivity index (χ3n) is 2.44. The van der Waals surface area contributed by atoms with E-state index in [0.717, 1.165) is 10.0 Å². The predicted molar refractivity (Wildman–Crippen MR) is 71.2 cm³/mol. The molecule has 0 fully saturated rings. The molecule has 0 spiro atoms. The zero-order valence-electron chi connectivity index (χ0n) is 9.58. The summed E-state index contributed by atoms with van der Waals surface area (Å²) < 4.78 is 6.27. The Bertz CT molecular complexity index is 507. The lowest BCUT2D eigenvalue weighted by atomic mass is 9.97. The molecule has 3 nitrogen and oxygen atoms in total. The minimum atomic E-state index is -0.303. The Hall–Kier alpha value is -0.870. The van der Waals surface area contributed by atoms with E-state index < -0.39 is 0 Å². The van der Waals surface area contributed by atoms with Gasteiger partial charge in [0.05, 0.1) is 5.41 Å². The Morgan fingerprint density at radius 1 is 1.29 bits per heavy atom. The summed E-state index contributed by atoms with van der Waals surface area (Å²) in [6.07, 6.45) is 0. The van der Waals surface area contributed by atoms with Crippen molar-refractivity contribution in [3.63, 3.8) is 0 Å². The van der Waals surface area contributed by atoms with E-state index in [2.05, 4.69) is 26.1 Å². The number of benzene rings is 1. The van der Waals surface area contributed by atoms with Crippen molar-refractivity contribution in [1.29, 1.82) is 0 Å². The van der Waals surface area contributed by atoms with Gasteiger partial charge in [-0.1, -0.05) is 21.1 Å². The van der Waals surface area contributed by atoms with Crippen molar-refractivity contribution in [2.75, 3.05) is 5.88 Å². The molecule has 1 heterocycles. The lowest BCUT2D eigenvalue weighted by Gasteiger charge is -2.14. The average Bonchev–Trinajstić information content (AvgIpc) is 2.80. The molecule has 1 aromatic heterocycles. The van der Waals surface area contributed by atoms with Crippen LogP contribution in [0.3, 0.4) is 0 Å². The number of rotatable bonds is 3. The fourth-order valence-electron chi connectivity index (χ4n) is 1.27. The first-order valence-corrected chi connectivity index (χ1v) is 6.52. The van der Waals surface area contributed by atoms with Crippen LogP contribution >= 0.6 is 27.5 Å². The summed E-state index contributed by atoms with van der Waals surface area (Å²) in [6.45, 7) is 3.94. The summed E-state index contributed by atoms with van der Waals surface area (Å²) in [7, 11) is 0. The molecule has 0 aliphatic carbocycles. The van der Waals surface area contributed by atoms with Crippen molar-refractivity contribution in [1.82, 2.24) is 10.1 Å². The standard InChI is InChI=1S/C12H12BrClN2O/c1-12(2,7-14)11-15-10(16-17-11)8-3-5-9(13)6-4-8/h3-6H,7H2,1-2H3. The summed E-state index contributed by atoms with van der Waals surface area (Å²) in [5.74, 6) is 1.59. The summed E-state index contributed by atoms with van der Waals surface area (Å²) in [4.78, 5) is 4.38. The SMILES string of the molecule is CC(C)(CCl)c1nc(-c2ccc(Br)cc2)no1. The van der Waals surface area contributed by atoms with Gasteiger partial charge in [-0.15, -0.1) is 11.6 Å². The molecule has 2 rings (SSSR count). The zero-order chi connectivity index (χ0) is 12.5. The quantitative estimate of drug-likeness (QED) is 0.803. The van der Waals surface area contributed by atoms with Gasteiger partial charge in [0.2, 0.25) is 11.7 Å². The number of aromatic nitrogens is 2. The maximum Gasteiger partial charge on any atom is 0.233 e. The van der Waals surface area contributed by atoms with Gasteiger partial charge in [-0.2, -0.15) is 4.98 Å². The molecule has 90 valence electrons. The van der Waals surface area contributed by atoms with Crippen molar-refractivity contribution < 1.29 is 4.52 Å². The van der Waals surface area contributed by atoms with E-state index in [1.54, 1.807) is 0 Å². The fraction of sp³-hybridized carbons (Fsp3) is 0.333. The predicted octanol–water partition coefficient (Wildman–Crippen LogP) is 4.02. The first-order valence-electron chi connectivity index (χ1n) is 5.19. The number of hydrogen-bond acceptors (Lipinski definition) is 3. The molecule has 0 bridgehead atoms. The van der Waals surface area contributed by atoms with Crippen LogP contribution in [0, 0.1) is 0 Å².